The number of hydrogen-bond acceptors (Lipinski definition) is 3. The number of rotatable bonds is 6. The number of ether oxygens (including phenoxy) is 1. The van der Waals surface area contributed by atoms with Crippen LogP contribution >= 0.6 is 11.6 Å². The van der Waals surface area contributed by atoms with Gasteiger partial charge in [-0.1, -0.05) is 60.1 Å². The van der Waals surface area contributed by atoms with E-state index in [0.717, 1.165) is 38.0 Å². The van der Waals surface area contributed by atoms with E-state index in [-0.39, 0.29) is 12.0 Å². The summed E-state index contributed by atoms with van der Waals surface area (Å²) in [6.07, 6.45) is 0. The van der Waals surface area contributed by atoms with Crippen molar-refractivity contribution in [3.8, 4) is 11.1 Å². The van der Waals surface area contributed by atoms with Gasteiger partial charge in [-0.2, -0.15) is 0 Å². The molecule has 0 fully saturated rings. The lowest BCUT2D eigenvalue weighted by atomic mass is 9.93. The second kappa shape index (κ2) is 9.56. The highest BCUT2D eigenvalue weighted by atomic mass is 35.5. The maximum absolute atomic E-state index is 12.2. The Morgan fingerprint density at radius 2 is 1.81 bits per heavy atom. The lowest BCUT2D eigenvalue weighted by molar-refractivity contribution is 0.0600. The number of hydrogen-bond donors (Lipinski definition) is 1. The van der Waals surface area contributed by atoms with Gasteiger partial charge in [0, 0.05) is 17.6 Å². The molecule has 4 aromatic rings. The van der Waals surface area contributed by atoms with Gasteiger partial charge in [-0.3, -0.25) is 0 Å². The van der Waals surface area contributed by atoms with Gasteiger partial charge in [0.25, 0.3) is 0 Å². The second-order valence-corrected chi connectivity index (χ2v) is 8.48. The smallest absolute Gasteiger partial charge is 0.338 e. The first-order chi connectivity index (χ1) is 15.5. The van der Waals surface area contributed by atoms with Gasteiger partial charge in [0.15, 0.2) is 0 Å². The summed E-state index contributed by atoms with van der Waals surface area (Å²) in [4.78, 5) is 12.2. The van der Waals surface area contributed by atoms with Gasteiger partial charge in [0.2, 0.25) is 0 Å². The van der Waals surface area contributed by atoms with E-state index < -0.39 is 0 Å². The summed E-state index contributed by atoms with van der Waals surface area (Å²) in [5, 5.41) is 6.66. The van der Waals surface area contributed by atoms with E-state index in [2.05, 4.69) is 48.6 Å². The van der Waals surface area contributed by atoms with Crippen molar-refractivity contribution in [1.82, 2.24) is 5.32 Å². The topological polar surface area (TPSA) is 38.3 Å². The summed E-state index contributed by atoms with van der Waals surface area (Å²) >= 11 is 6.16. The summed E-state index contributed by atoms with van der Waals surface area (Å²) in [7, 11) is 1.41. The molecule has 0 saturated carbocycles. The number of methoxy groups -OCH3 is 1. The number of nitrogens with one attached hydrogen (secondary N) is 1. The monoisotopic (exact) mass is 443 g/mol. The van der Waals surface area contributed by atoms with Crippen LogP contribution in [0.3, 0.4) is 0 Å². The van der Waals surface area contributed by atoms with E-state index in [1.807, 2.05) is 49.4 Å². The summed E-state index contributed by atoms with van der Waals surface area (Å²) in [6, 6.07) is 26.8. The molecule has 0 spiro atoms. The Kier molecular flexibility index (Phi) is 6.59. The Bertz CT molecular complexity index is 1280. The van der Waals surface area contributed by atoms with Crippen LogP contribution in [-0.4, -0.2) is 13.1 Å². The first-order valence-electron chi connectivity index (χ1n) is 10.7. The van der Waals surface area contributed by atoms with E-state index in [1.54, 1.807) is 0 Å². The number of benzene rings is 4. The molecule has 1 N–H and O–H groups in total. The molecule has 0 heterocycles. The van der Waals surface area contributed by atoms with Gasteiger partial charge in [0.05, 0.1) is 12.7 Å². The Morgan fingerprint density at radius 1 is 1.00 bits per heavy atom. The zero-order chi connectivity index (χ0) is 22.7. The van der Waals surface area contributed by atoms with Gasteiger partial charge in [-0.25, -0.2) is 4.79 Å². The minimum Gasteiger partial charge on any atom is -0.465 e. The van der Waals surface area contributed by atoms with Gasteiger partial charge in [-0.05, 0) is 82.8 Å². The van der Waals surface area contributed by atoms with Crippen LogP contribution in [0.1, 0.15) is 40.0 Å². The van der Waals surface area contributed by atoms with Gasteiger partial charge >= 0.3 is 5.97 Å². The van der Waals surface area contributed by atoms with Crippen molar-refractivity contribution in [1.29, 1.82) is 0 Å². The predicted octanol–water partition coefficient (Wildman–Crippen LogP) is 7.11. The molecule has 4 rings (SSSR count). The molecule has 0 aliphatic carbocycles. The Hall–Kier alpha value is -3.14. The number of carbonyl (C=O) groups is 1. The van der Waals surface area contributed by atoms with Crippen molar-refractivity contribution >= 4 is 28.3 Å². The van der Waals surface area contributed by atoms with Crippen LogP contribution in [0.5, 0.6) is 0 Å². The number of fused-ring (bicyclic) bond motifs is 1. The number of halogens is 1. The van der Waals surface area contributed by atoms with Crippen LogP contribution in [0, 0.1) is 6.92 Å². The normalized spacial score (nSPS) is 12.0. The van der Waals surface area contributed by atoms with Crippen molar-refractivity contribution in [2.75, 3.05) is 7.11 Å². The van der Waals surface area contributed by atoms with Crippen LogP contribution in [0.2, 0.25) is 5.02 Å². The lowest BCUT2D eigenvalue weighted by Crippen LogP contribution is -2.18. The third-order valence-corrected chi connectivity index (χ3v) is 6.07. The average Bonchev–Trinajstić information content (AvgIpc) is 2.82. The average molecular weight is 444 g/mol. The molecule has 4 heteroatoms. The van der Waals surface area contributed by atoms with E-state index in [0.29, 0.717) is 12.1 Å². The molecular weight excluding hydrogens is 418 g/mol. The third kappa shape index (κ3) is 4.69. The van der Waals surface area contributed by atoms with Gasteiger partial charge in [0.1, 0.15) is 0 Å². The number of aryl methyl sites for hydroxylation is 1. The highest BCUT2D eigenvalue weighted by Crippen LogP contribution is 2.32. The van der Waals surface area contributed by atoms with E-state index in [9.17, 15) is 4.79 Å². The van der Waals surface area contributed by atoms with Crippen molar-refractivity contribution in [2.45, 2.75) is 26.4 Å². The van der Waals surface area contributed by atoms with E-state index in [4.69, 9.17) is 16.3 Å². The van der Waals surface area contributed by atoms with Crippen molar-refractivity contribution < 1.29 is 9.53 Å². The largest absolute Gasteiger partial charge is 0.465 e. The number of carbonyl (C=O) groups excluding carboxylic acids is 1. The molecule has 0 aromatic heterocycles. The Labute approximate surface area is 194 Å². The molecule has 0 aliphatic heterocycles. The maximum Gasteiger partial charge on any atom is 0.338 e. The highest BCUT2D eigenvalue weighted by molar-refractivity contribution is 6.30. The fourth-order valence-electron chi connectivity index (χ4n) is 4.00. The summed E-state index contributed by atoms with van der Waals surface area (Å²) in [5.74, 6) is -0.318. The van der Waals surface area contributed by atoms with Crippen LogP contribution in [0.4, 0.5) is 0 Å². The second-order valence-electron chi connectivity index (χ2n) is 8.04. The van der Waals surface area contributed by atoms with Gasteiger partial charge < -0.3 is 10.1 Å². The first kappa shape index (κ1) is 22.1. The fourth-order valence-corrected chi connectivity index (χ4v) is 4.20. The van der Waals surface area contributed by atoms with Crippen LogP contribution in [0.15, 0.2) is 78.9 Å². The summed E-state index contributed by atoms with van der Waals surface area (Å²) in [5.41, 5.74) is 5.91. The minimum absolute atomic E-state index is 0.161. The Balaban J connectivity index is 1.70. The molecule has 32 heavy (non-hydrogen) atoms. The molecule has 0 radical (unpaired) electrons. The predicted molar refractivity (Wildman–Crippen MR) is 132 cm³/mol. The molecule has 162 valence electrons. The number of esters is 1. The standard InChI is InChI=1S/C28H26ClNO2/c1-18-11-12-23(16-26(18)28(31)32-3)27-14-20(13-22-7-4-5-10-25(22)27)17-30-19(2)21-8-6-9-24(29)15-21/h4-16,19,30H,17H2,1-3H3. The molecule has 0 amide bonds. The molecule has 4 aromatic carbocycles. The molecule has 3 nitrogen and oxygen atoms in total. The molecule has 0 saturated heterocycles. The molecule has 1 atom stereocenters. The van der Waals surface area contributed by atoms with Crippen molar-refractivity contribution in [3.05, 3.63) is 106 Å². The minimum atomic E-state index is -0.318. The van der Waals surface area contributed by atoms with Crippen molar-refractivity contribution in [2.24, 2.45) is 0 Å². The van der Waals surface area contributed by atoms with Gasteiger partial charge in [-0.15, -0.1) is 0 Å². The zero-order valence-corrected chi connectivity index (χ0v) is 19.2. The quantitative estimate of drug-likeness (QED) is 0.323. The van der Waals surface area contributed by atoms with E-state index in [1.165, 1.54) is 12.7 Å². The molecular formula is C28H26ClNO2. The highest BCUT2D eigenvalue weighted by Gasteiger charge is 2.14. The van der Waals surface area contributed by atoms with Crippen molar-refractivity contribution in [3.63, 3.8) is 0 Å². The molecule has 0 bridgehead atoms. The summed E-state index contributed by atoms with van der Waals surface area (Å²) in [6.45, 7) is 4.77. The van der Waals surface area contributed by atoms with Crippen LogP contribution in [0.25, 0.3) is 21.9 Å². The summed E-state index contributed by atoms with van der Waals surface area (Å²) < 4.78 is 4.98. The van der Waals surface area contributed by atoms with E-state index >= 15 is 0 Å². The maximum atomic E-state index is 12.2. The van der Waals surface area contributed by atoms with Crippen LogP contribution in [-0.2, 0) is 11.3 Å². The molecule has 0 aliphatic rings. The Morgan fingerprint density at radius 3 is 2.59 bits per heavy atom. The third-order valence-electron chi connectivity index (χ3n) is 5.84. The first-order valence-corrected chi connectivity index (χ1v) is 11.0. The molecule has 1 unspecified atom stereocenters. The SMILES string of the molecule is COC(=O)c1cc(-c2cc(CNC(C)c3cccc(Cl)c3)cc3ccccc23)ccc1C. The zero-order valence-electron chi connectivity index (χ0n) is 18.5. The van der Waals surface area contributed by atoms with Crippen LogP contribution < -0.4 is 5.32 Å². The fraction of sp³-hybridized carbons (Fsp3) is 0.179. The lowest BCUT2D eigenvalue weighted by Gasteiger charge is -2.17.